The maximum atomic E-state index is 12.2. The number of anilines is 3. The molecule has 7 heteroatoms. The first-order chi connectivity index (χ1) is 12.5. The number of benzene rings is 2. The number of hydrogen-bond acceptors (Lipinski definition) is 5. The molecule has 0 fully saturated rings. The lowest BCUT2D eigenvalue weighted by atomic mass is 10.1. The van der Waals surface area contributed by atoms with Gasteiger partial charge in [-0.2, -0.15) is 0 Å². The molecule has 0 saturated carbocycles. The minimum atomic E-state index is -0.440. The predicted octanol–water partition coefficient (Wildman–Crippen LogP) is 4.14. The number of aromatic nitrogens is 2. The van der Waals surface area contributed by atoms with Gasteiger partial charge in [0, 0.05) is 24.1 Å². The standard InChI is InChI=1S/C19H18ClN5O/c1-12(13-5-3-2-4-6-13)24-16-8-7-14(11-15(16)20)25-19(26)17-18(21)23-10-9-22-17/h2-12,24H,1H3,(H2,21,23)(H,25,26)/t12-/m0/s1. The van der Waals surface area contributed by atoms with Crippen molar-refractivity contribution in [3.63, 3.8) is 0 Å². The van der Waals surface area contributed by atoms with Crippen LogP contribution in [-0.2, 0) is 0 Å². The van der Waals surface area contributed by atoms with Crippen molar-refractivity contribution in [2.24, 2.45) is 0 Å². The van der Waals surface area contributed by atoms with Gasteiger partial charge < -0.3 is 16.4 Å². The van der Waals surface area contributed by atoms with Gasteiger partial charge >= 0.3 is 0 Å². The van der Waals surface area contributed by atoms with Crippen LogP contribution >= 0.6 is 11.6 Å². The number of nitrogen functional groups attached to an aromatic ring is 1. The largest absolute Gasteiger partial charge is 0.382 e. The summed E-state index contributed by atoms with van der Waals surface area (Å²) >= 11 is 6.36. The first-order valence-corrected chi connectivity index (χ1v) is 8.41. The highest BCUT2D eigenvalue weighted by Crippen LogP contribution is 2.29. The molecule has 3 rings (SSSR count). The topological polar surface area (TPSA) is 92.9 Å². The summed E-state index contributed by atoms with van der Waals surface area (Å²) in [4.78, 5) is 20.0. The van der Waals surface area contributed by atoms with Crippen molar-refractivity contribution in [3.05, 3.63) is 77.2 Å². The Bertz CT molecular complexity index is 917. The Kier molecular flexibility index (Phi) is 5.34. The minimum absolute atomic E-state index is 0.0727. The van der Waals surface area contributed by atoms with Gasteiger partial charge in [0.1, 0.15) is 0 Å². The summed E-state index contributed by atoms with van der Waals surface area (Å²) in [6.07, 6.45) is 2.84. The molecule has 0 spiro atoms. The molecule has 0 radical (unpaired) electrons. The van der Waals surface area contributed by atoms with E-state index in [1.165, 1.54) is 12.4 Å². The van der Waals surface area contributed by atoms with Gasteiger partial charge in [-0.25, -0.2) is 9.97 Å². The number of hydrogen-bond donors (Lipinski definition) is 3. The second kappa shape index (κ2) is 7.84. The molecule has 0 aliphatic heterocycles. The normalized spacial score (nSPS) is 11.6. The number of nitrogens with zero attached hydrogens (tertiary/aromatic N) is 2. The Balaban J connectivity index is 1.71. The highest BCUT2D eigenvalue weighted by Gasteiger charge is 2.13. The Morgan fingerprint density at radius 2 is 1.85 bits per heavy atom. The van der Waals surface area contributed by atoms with Crippen LogP contribution < -0.4 is 16.4 Å². The van der Waals surface area contributed by atoms with E-state index >= 15 is 0 Å². The summed E-state index contributed by atoms with van der Waals surface area (Å²) < 4.78 is 0. The van der Waals surface area contributed by atoms with Crippen LogP contribution in [0.25, 0.3) is 0 Å². The maximum absolute atomic E-state index is 12.2. The van der Waals surface area contributed by atoms with E-state index in [1.54, 1.807) is 12.1 Å². The second-order valence-electron chi connectivity index (χ2n) is 5.72. The molecule has 0 aliphatic rings. The zero-order chi connectivity index (χ0) is 18.5. The molecule has 0 bridgehead atoms. The molecule has 3 aromatic rings. The Morgan fingerprint density at radius 3 is 2.54 bits per heavy atom. The van der Waals surface area contributed by atoms with Gasteiger partial charge in [0.05, 0.1) is 10.7 Å². The van der Waals surface area contributed by atoms with Crippen LogP contribution in [0.15, 0.2) is 60.9 Å². The zero-order valence-electron chi connectivity index (χ0n) is 14.1. The van der Waals surface area contributed by atoms with E-state index in [4.69, 9.17) is 17.3 Å². The zero-order valence-corrected chi connectivity index (χ0v) is 14.9. The molecule has 6 nitrogen and oxygen atoms in total. The molecule has 1 amide bonds. The van der Waals surface area contributed by atoms with Gasteiger partial charge in [0.2, 0.25) is 0 Å². The Hall–Kier alpha value is -3.12. The van der Waals surface area contributed by atoms with Crippen molar-refractivity contribution in [3.8, 4) is 0 Å². The van der Waals surface area contributed by atoms with Crippen molar-refractivity contribution >= 4 is 34.7 Å². The van der Waals surface area contributed by atoms with E-state index in [1.807, 2.05) is 36.4 Å². The average molecular weight is 368 g/mol. The number of halogens is 1. The van der Waals surface area contributed by atoms with Crippen LogP contribution in [0.2, 0.25) is 5.02 Å². The number of nitrogens with two attached hydrogens (primary N) is 1. The van der Waals surface area contributed by atoms with E-state index in [0.29, 0.717) is 10.7 Å². The fourth-order valence-corrected chi connectivity index (χ4v) is 2.72. The molecular weight excluding hydrogens is 350 g/mol. The van der Waals surface area contributed by atoms with E-state index in [2.05, 4.69) is 27.5 Å². The van der Waals surface area contributed by atoms with Gasteiger partial charge in [0.15, 0.2) is 11.5 Å². The summed E-state index contributed by atoms with van der Waals surface area (Å²) in [5.74, 6) is -0.365. The molecule has 1 heterocycles. The molecule has 0 unspecified atom stereocenters. The van der Waals surface area contributed by atoms with Crippen LogP contribution in [0.5, 0.6) is 0 Å². The van der Waals surface area contributed by atoms with Crippen molar-refractivity contribution in [1.82, 2.24) is 9.97 Å². The monoisotopic (exact) mass is 367 g/mol. The molecule has 4 N–H and O–H groups in total. The molecular formula is C19H18ClN5O. The fourth-order valence-electron chi connectivity index (χ4n) is 2.48. The van der Waals surface area contributed by atoms with Crippen LogP contribution in [0.3, 0.4) is 0 Å². The van der Waals surface area contributed by atoms with Crippen molar-refractivity contribution in [1.29, 1.82) is 0 Å². The second-order valence-corrected chi connectivity index (χ2v) is 6.12. The number of carbonyl (C=O) groups excluding carboxylic acids is 1. The van der Waals surface area contributed by atoms with Gasteiger partial charge in [0.25, 0.3) is 5.91 Å². The van der Waals surface area contributed by atoms with Crippen LogP contribution in [-0.4, -0.2) is 15.9 Å². The lowest BCUT2D eigenvalue weighted by Gasteiger charge is -2.17. The average Bonchev–Trinajstić information content (AvgIpc) is 2.65. The summed E-state index contributed by atoms with van der Waals surface area (Å²) in [5, 5.41) is 6.58. The number of nitrogens with one attached hydrogen (secondary N) is 2. The third kappa shape index (κ3) is 4.10. The summed E-state index contributed by atoms with van der Waals surface area (Å²) in [6, 6.07) is 15.4. The van der Waals surface area contributed by atoms with Crippen LogP contribution in [0.1, 0.15) is 29.0 Å². The summed E-state index contributed by atoms with van der Waals surface area (Å²) in [7, 11) is 0. The Labute approximate surface area is 156 Å². The third-order valence-corrected chi connectivity index (χ3v) is 4.15. The summed E-state index contributed by atoms with van der Waals surface area (Å²) in [6.45, 7) is 2.05. The SMILES string of the molecule is C[C@H](Nc1ccc(NC(=O)c2nccnc2N)cc1Cl)c1ccccc1. The molecule has 1 aromatic heterocycles. The van der Waals surface area contributed by atoms with Crippen molar-refractivity contribution < 1.29 is 4.79 Å². The van der Waals surface area contributed by atoms with Gasteiger partial charge in [-0.05, 0) is 30.7 Å². The first kappa shape index (κ1) is 17.7. The predicted molar refractivity (Wildman–Crippen MR) is 104 cm³/mol. The van der Waals surface area contributed by atoms with E-state index < -0.39 is 5.91 Å². The molecule has 0 aliphatic carbocycles. The first-order valence-electron chi connectivity index (χ1n) is 8.03. The number of carbonyl (C=O) groups is 1. The highest BCUT2D eigenvalue weighted by molar-refractivity contribution is 6.33. The van der Waals surface area contributed by atoms with Crippen molar-refractivity contribution in [2.75, 3.05) is 16.4 Å². The molecule has 2 aromatic carbocycles. The Morgan fingerprint density at radius 1 is 1.12 bits per heavy atom. The van der Waals surface area contributed by atoms with Gasteiger partial charge in [-0.15, -0.1) is 0 Å². The van der Waals surface area contributed by atoms with Crippen LogP contribution in [0.4, 0.5) is 17.2 Å². The molecule has 0 saturated heterocycles. The molecule has 132 valence electrons. The quantitative estimate of drug-likeness (QED) is 0.630. The highest BCUT2D eigenvalue weighted by atomic mass is 35.5. The molecule has 26 heavy (non-hydrogen) atoms. The lowest BCUT2D eigenvalue weighted by molar-refractivity contribution is 0.102. The van der Waals surface area contributed by atoms with E-state index in [-0.39, 0.29) is 17.6 Å². The van der Waals surface area contributed by atoms with Crippen LogP contribution in [0, 0.1) is 0 Å². The van der Waals surface area contributed by atoms with E-state index in [0.717, 1.165) is 11.3 Å². The smallest absolute Gasteiger partial charge is 0.278 e. The maximum Gasteiger partial charge on any atom is 0.278 e. The number of rotatable bonds is 5. The fraction of sp³-hybridized carbons (Fsp3) is 0.105. The van der Waals surface area contributed by atoms with Gasteiger partial charge in [-0.1, -0.05) is 41.9 Å². The molecule has 1 atom stereocenters. The van der Waals surface area contributed by atoms with E-state index in [9.17, 15) is 4.79 Å². The van der Waals surface area contributed by atoms with Crippen molar-refractivity contribution in [2.45, 2.75) is 13.0 Å². The van der Waals surface area contributed by atoms with Gasteiger partial charge in [-0.3, -0.25) is 4.79 Å². The minimum Gasteiger partial charge on any atom is -0.382 e. The summed E-state index contributed by atoms with van der Waals surface area (Å²) in [5.41, 5.74) is 8.22. The number of amides is 1. The lowest BCUT2D eigenvalue weighted by Crippen LogP contribution is -2.16. The third-order valence-electron chi connectivity index (χ3n) is 3.84.